The summed E-state index contributed by atoms with van der Waals surface area (Å²) in [5.74, 6) is 0.274. The molecule has 1 saturated heterocycles. The number of ether oxygens (including phenoxy) is 1. The van der Waals surface area contributed by atoms with Gasteiger partial charge in [0.15, 0.2) is 11.6 Å². The van der Waals surface area contributed by atoms with Crippen LogP contribution >= 0.6 is 0 Å². The fourth-order valence-electron chi connectivity index (χ4n) is 3.44. The van der Waals surface area contributed by atoms with Crippen molar-refractivity contribution in [2.45, 2.75) is 41.0 Å². The summed E-state index contributed by atoms with van der Waals surface area (Å²) in [6, 6.07) is 0. The molecule has 0 atom stereocenters. The van der Waals surface area contributed by atoms with Crippen LogP contribution in [-0.4, -0.2) is 71.8 Å². The maximum absolute atomic E-state index is 12.8. The van der Waals surface area contributed by atoms with E-state index < -0.39 is 0 Å². The summed E-state index contributed by atoms with van der Waals surface area (Å²) < 4.78 is 5.26. The zero-order chi connectivity index (χ0) is 20.1. The number of carbonyl (C=O) groups is 3. The normalized spacial score (nSPS) is 15.3. The van der Waals surface area contributed by atoms with Gasteiger partial charge in [-0.05, 0) is 31.7 Å². The molecule has 2 heterocycles. The highest BCUT2D eigenvalue weighted by Crippen LogP contribution is 2.21. The Kier molecular flexibility index (Phi) is 7.18. The monoisotopic (exact) mass is 377 g/mol. The minimum Gasteiger partial charge on any atom is -0.449 e. The molecule has 1 aliphatic rings. The summed E-state index contributed by atoms with van der Waals surface area (Å²) in [5.41, 5.74) is 2.74. The first kappa shape index (κ1) is 21.2. The Balaban J connectivity index is 1.94. The first-order valence-electron chi connectivity index (χ1n) is 9.64. The second-order valence-corrected chi connectivity index (χ2v) is 7.55. The lowest BCUT2D eigenvalue weighted by Gasteiger charge is -2.33. The van der Waals surface area contributed by atoms with Crippen molar-refractivity contribution in [2.24, 2.45) is 5.92 Å². The van der Waals surface area contributed by atoms with E-state index in [9.17, 15) is 14.4 Å². The van der Waals surface area contributed by atoms with E-state index in [1.54, 1.807) is 4.90 Å². The van der Waals surface area contributed by atoms with Crippen molar-refractivity contribution in [3.8, 4) is 0 Å². The SMILES string of the molecule is CCc1c(C(=O)CN2CCN(C(=O)OCC(C)C)CC2)[nH]c(C)c1C(C)=O. The molecule has 0 bridgehead atoms. The standard InChI is InChI=1S/C20H31N3O4/c1-6-16-18(15(5)24)14(4)21-19(16)17(25)11-22-7-9-23(10-8-22)20(26)27-12-13(2)3/h13,21H,6-12H2,1-5H3. The van der Waals surface area contributed by atoms with E-state index in [1.165, 1.54) is 6.92 Å². The molecule has 1 fully saturated rings. The zero-order valence-electron chi connectivity index (χ0n) is 17.1. The number of Topliss-reactive ketones (excluding diaryl/α,β-unsaturated/α-hetero) is 2. The highest BCUT2D eigenvalue weighted by atomic mass is 16.6. The van der Waals surface area contributed by atoms with Crippen LogP contribution in [0, 0.1) is 12.8 Å². The summed E-state index contributed by atoms with van der Waals surface area (Å²) in [6.07, 6.45) is 0.351. The van der Waals surface area contributed by atoms with Crippen LogP contribution in [0.25, 0.3) is 0 Å². The van der Waals surface area contributed by atoms with Crippen molar-refractivity contribution < 1.29 is 19.1 Å². The van der Waals surface area contributed by atoms with Crippen molar-refractivity contribution in [1.82, 2.24) is 14.8 Å². The number of aromatic amines is 1. The van der Waals surface area contributed by atoms with Crippen molar-refractivity contribution in [1.29, 1.82) is 0 Å². The summed E-state index contributed by atoms with van der Waals surface area (Å²) >= 11 is 0. The van der Waals surface area contributed by atoms with Crippen molar-refractivity contribution in [3.05, 3.63) is 22.5 Å². The Hall–Kier alpha value is -2.15. The smallest absolute Gasteiger partial charge is 0.409 e. The third-order valence-corrected chi connectivity index (χ3v) is 4.81. The van der Waals surface area contributed by atoms with E-state index in [0.717, 1.165) is 11.3 Å². The van der Waals surface area contributed by atoms with Crippen molar-refractivity contribution in [3.63, 3.8) is 0 Å². The van der Waals surface area contributed by atoms with E-state index in [1.807, 2.05) is 32.6 Å². The summed E-state index contributed by atoms with van der Waals surface area (Å²) in [7, 11) is 0. The number of carbonyl (C=O) groups excluding carboxylic acids is 3. The molecule has 7 nitrogen and oxygen atoms in total. The first-order valence-corrected chi connectivity index (χ1v) is 9.64. The molecule has 2 rings (SSSR count). The topological polar surface area (TPSA) is 82.7 Å². The quantitative estimate of drug-likeness (QED) is 0.739. The molecule has 1 aromatic heterocycles. The molecule has 150 valence electrons. The third kappa shape index (κ3) is 5.19. The van der Waals surface area contributed by atoms with E-state index in [4.69, 9.17) is 4.74 Å². The molecule has 0 aromatic carbocycles. The van der Waals surface area contributed by atoms with Crippen LogP contribution in [-0.2, 0) is 11.2 Å². The maximum Gasteiger partial charge on any atom is 0.409 e. The molecular weight excluding hydrogens is 346 g/mol. The highest BCUT2D eigenvalue weighted by Gasteiger charge is 2.26. The average molecular weight is 377 g/mol. The number of aryl methyl sites for hydroxylation is 1. The van der Waals surface area contributed by atoms with Crippen LogP contribution in [0.2, 0.25) is 0 Å². The van der Waals surface area contributed by atoms with Gasteiger partial charge in [0.05, 0.1) is 18.8 Å². The largest absolute Gasteiger partial charge is 0.449 e. The van der Waals surface area contributed by atoms with Crippen LogP contribution in [0.3, 0.4) is 0 Å². The van der Waals surface area contributed by atoms with Gasteiger partial charge in [0, 0.05) is 37.4 Å². The molecule has 0 unspecified atom stereocenters. The van der Waals surface area contributed by atoms with E-state index in [-0.39, 0.29) is 24.2 Å². The second kappa shape index (κ2) is 9.17. The molecule has 0 saturated carbocycles. The van der Waals surface area contributed by atoms with Gasteiger partial charge >= 0.3 is 6.09 Å². The van der Waals surface area contributed by atoms with Gasteiger partial charge in [-0.25, -0.2) is 4.79 Å². The van der Waals surface area contributed by atoms with Crippen LogP contribution in [0.1, 0.15) is 59.8 Å². The third-order valence-electron chi connectivity index (χ3n) is 4.81. The Bertz CT molecular complexity index is 700. The van der Waals surface area contributed by atoms with E-state index in [0.29, 0.717) is 56.4 Å². The lowest BCUT2D eigenvalue weighted by molar-refractivity contribution is 0.0658. The Morgan fingerprint density at radius 2 is 1.78 bits per heavy atom. The summed E-state index contributed by atoms with van der Waals surface area (Å²) in [4.78, 5) is 43.5. The Morgan fingerprint density at radius 3 is 2.30 bits per heavy atom. The molecule has 1 N–H and O–H groups in total. The van der Waals surface area contributed by atoms with Crippen LogP contribution < -0.4 is 0 Å². The fraction of sp³-hybridized carbons (Fsp3) is 0.650. The molecule has 7 heteroatoms. The second-order valence-electron chi connectivity index (χ2n) is 7.55. The number of nitrogens with zero attached hydrogens (tertiary/aromatic N) is 2. The predicted octanol–water partition coefficient (Wildman–Crippen LogP) is 2.68. The van der Waals surface area contributed by atoms with Crippen molar-refractivity contribution in [2.75, 3.05) is 39.3 Å². The van der Waals surface area contributed by atoms with Gasteiger partial charge in [0.25, 0.3) is 0 Å². The fourth-order valence-corrected chi connectivity index (χ4v) is 3.44. The van der Waals surface area contributed by atoms with Gasteiger partial charge in [-0.15, -0.1) is 0 Å². The number of ketones is 2. The molecule has 1 aromatic rings. The van der Waals surface area contributed by atoms with E-state index >= 15 is 0 Å². The van der Waals surface area contributed by atoms with Gasteiger partial charge in [0.1, 0.15) is 0 Å². The minimum absolute atomic E-state index is 0.0155. The maximum atomic E-state index is 12.8. The molecule has 1 amide bonds. The number of aromatic nitrogens is 1. The minimum atomic E-state index is -0.283. The summed E-state index contributed by atoms with van der Waals surface area (Å²) in [6.45, 7) is 12.4. The number of amides is 1. The molecule has 27 heavy (non-hydrogen) atoms. The van der Waals surface area contributed by atoms with E-state index in [2.05, 4.69) is 4.98 Å². The highest BCUT2D eigenvalue weighted by molar-refractivity contribution is 6.04. The average Bonchev–Trinajstić information content (AvgIpc) is 2.97. The number of H-pyrrole nitrogens is 1. The summed E-state index contributed by atoms with van der Waals surface area (Å²) in [5, 5.41) is 0. The zero-order valence-corrected chi connectivity index (χ0v) is 17.1. The number of nitrogens with one attached hydrogen (secondary N) is 1. The number of hydrogen-bond donors (Lipinski definition) is 1. The molecule has 0 spiro atoms. The lowest BCUT2D eigenvalue weighted by atomic mass is 10.0. The van der Waals surface area contributed by atoms with Crippen LogP contribution in [0.15, 0.2) is 0 Å². The number of rotatable bonds is 7. The Morgan fingerprint density at radius 1 is 1.15 bits per heavy atom. The van der Waals surface area contributed by atoms with Gasteiger partial charge in [-0.1, -0.05) is 20.8 Å². The molecule has 0 radical (unpaired) electrons. The van der Waals surface area contributed by atoms with Gasteiger partial charge < -0.3 is 14.6 Å². The van der Waals surface area contributed by atoms with Crippen LogP contribution in [0.4, 0.5) is 4.79 Å². The predicted molar refractivity (Wildman–Crippen MR) is 103 cm³/mol. The van der Waals surface area contributed by atoms with Gasteiger partial charge in [-0.3, -0.25) is 14.5 Å². The van der Waals surface area contributed by atoms with Crippen molar-refractivity contribution >= 4 is 17.7 Å². The number of piperazine rings is 1. The molecule has 0 aliphatic carbocycles. The van der Waals surface area contributed by atoms with Gasteiger partial charge in [-0.2, -0.15) is 0 Å². The van der Waals surface area contributed by atoms with Gasteiger partial charge in [0.2, 0.25) is 0 Å². The molecule has 1 aliphatic heterocycles. The number of hydrogen-bond acceptors (Lipinski definition) is 5. The first-order chi connectivity index (χ1) is 12.7. The lowest BCUT2D eigenvalue weighted by Crippen LogP contribution is -2.50. The molecular formula is C20H31N3O4. The Labute approximate surface area is 161 Å². The van der Waals surface area contributed by atoms with Crippen LogP contribution in [0.5, 0.6) is 0 Å².